The number of aromatic amines is 1. The van der Waals surface area contributed by atoms with Crippen molar-refractivity contribution in [2.24, 2.45) is 0 Å². The average molecular weight is 403 g/mol. The molecule has 0 bridgehead atoms. The van der Waals surface area contributed by atoms with E-state index in [9.17, 15) is 4.79 Å². The highest BCUT2D eigenvalue weighted by molar-refractivity contribution is 7.99. The van der Waals surface area contributed by atoms with Gasteiger partial charge in [-0.25, -0.2) is 4.98 Å². The Hall–Kier alpha value is -1.90. The second-order valence-corrected chi connectivity index (χ2v) is 8.58. The smallest absolute Gasteiger partial charge is 0.209 e. The van der Waals surface area contributed by atoms with Gasteiger partial charge in [0.05, 0.1) is 16.7 Å². The van der Waals surface area contributed by atoms with E-state index < -0.39 is 0 Å². The van der Waals surface area contributed by atoms with E-state index in [-0.39, 0.29) is 11.9 Å². The zero-order valence-corrected chi connectivity index (χ0v) is 17.0. The van der Waals surface area contributed by atoms with Crippen LogP contribution in [0.5, 0.6) is 0 Å². The Balaban J connectivity index is 1.41. The second-order valence-electron chi connectivity index (χ2n) is 6.69. The lowest BCUT2D eigenvalue weighted by Crippen LogP contribution is -2.17. The van der Waals surface area contributed by atoms with Crippen LogP contribution in [-0.4, -0.2) is 44.0 Å². The van der Waals surface area contributed by atoms with Gasteiger partial charge in [0.1, 0.15) is 0 Å². The number of carbonyl (C=O) groups is 1. The van der Waals surface area contributed by atoms with Crippen LogP contribution in [0.25, 0.3) is 10.7 Å². The fourth-order valence-corrected chi connectivity index (χ4v) is 4.74. The molecular weight excluding hydrogens is 380 g/mol. The van der Waals surface area contributed by atoms with Gasteiger partial charge in [0.15, 0.2) is 11.6 Å². The van der Waals surface area contributed by atoms with Crippen LogP contribution in [-0.2, 0) is 11.3 Å². The average Bonchev–Trinajstić information content (AvgIpc) is 3.43. The molecule has 0 radical (unpaired) electrons. The Morgan fingerprint density at radius 2 is 2.37 bits per heavy atom. The van der Waals surface area contributed by atoms with Crippen LogP contribution >= 0.6 is 23.1 Å². The molecular formula is C19H22N4O2S2. The molecule has 3 aromatic rings. The molecule has 8 heteroatoms. The molecule has 6 nitrogen and oxygen atoms in total. The quantitative estimate of drug-likeness (QED) is 0.476. The van der Waals surface area contributed by atoms with Gasteiger partial charge in [0.25, 0.3) is 0 Å². The van der Waals surface area contributed by atoms with Gasteiger partial charge in [0.2, 0.25) is 5.16 Å². The van der Waals surface area contributed by atoms with E-state index in [1.54, 1.807) is 11.3 Å². The molecule has 1 aliphatic rings. The lowest BCUT2D eigenvalue weighted by molar-refractivity contribution is 0.0957. The number of H-pyrrole nitrogens is 1. The maximum atomic E-state index is 12.7. The van der Waals surface area contributed by atoms with E-state index >= 15 is 0 Å². The highest BCUT2D eigenvalue weighted by atomic mass is 32.2. The first-order valence-corrected chi connectivity index (χ1v) is 10.9. The standard InChI is InChI=1S/C19H22N4O2S2/c1-12-9-15(13(2)23(12)10-14-5-3-7-25-14)16(24)11-27-19-20-18(21-22-19)17-6-4-8-26-17/h4,6,8-9,14H,3,5,7,10-11H2,1-2H3,(H,20,21,22)/t14-/m0/s1. The molecule has 1 N–H and O–H groups in total. The molecule has 1 aliphatic heterocycles. The molecule has 0 amide bonds. The number of ketones is 1. The Morgan fingerprint density at radius 1 is 1.48 bits per heavy atom. The van der Waals surface area contributed by atoms with Crippen molar-refractivity contribution in [2.45, 2.75) is 44.5 Å². The number of hydrogen-bond acceptors (Lipinski definition) is 6. The van der Waals surface area contributed by atoms with Crippen LogP contribution in [0.15, 0.2) is 28.7 Å². The second kappa shape index (κ2) is 8.00. The van der Waals surface area contributed by atoms with Crippen molar-refractivity contribution in [1.82, 2.24) is 19.7 Å². The van der Waals surface area contributed by atoms with Crippen LogP contribution in [0.1, 0.15) is 34.6 Å². The summed E-state index contributed by atoms with van der Waals surface area (Å²) in [4.78, 5) is 18.3. The maximum Gasteiger partial charge on any atom is 0.209 e. The van der Waals surface area contributed by atoms with Crippen LogP contribution in [0.3, 0.4) is 0 Å². The number of aryl methyl sites for hydroxylation is 1. The number of nitrogens with one attached hydrogen (secondary N) is 1. The number of aromatic nitrogens is 4. The summed E-state index contributed by atoms with van der Waals surface area (Å²) in [6.45, 7) is 5.73. The van der Waals surface area contributed by atoms with Crippen LogP contribution in [0.2, 0.25) is 0 Å². The number of nitrogens with zero attached hydrogens (tertiary/aromatic N) is 3. The third-order valence-electron chi connectivity index (χ3n) is 4.84. The van der Waals surface area contributed by atoms with Crippen molar-refractivity contribution in [3.8, 4) is 10.7 Å². The molecule has 3 aromatic heterocycles. The summed E-state index contributed by atoms with van der Waals surface area (Å²) in [6, 6.07) is 5.96. The Labute approximate surface area is 166 Å². The van der Waals surface area contributed by atoms with Gasteiger partial charge in [-0.2, -0.15) is 0 Å². The van der Waals surface area contributed by atoms with Crippen molar-refractivity contribution in [1.29, 1.82) is 0 Å². The van der Waals surface area contributed by atoms with Gasteiger partial charge < -0.3 is 9.30 Å². The SMILES string of the molecule is Cc1cc(C(=O)CSc2n[nH]c(-c3cccs3)n2)c(C)n1C[C@@H]1CCCO1. The summed E-state index contributed by atoms with van der Waals surface area (Å²) >= 11 is 2.97. The van der Waals surface area contributed by atoms with Crippen LogP contribution < -0.4 is 0 Å². The number of hydrogen-bond donors (Lipinski definition) is 1. The van der Waals surface area contributed by atoms with Crippen molar-refractivity contribution >= 4 is 28.9 Å². The number of carbonyl (C=O) groups excluding carboxylic acids is 1. The summed E-state index contributed by atoms with van der Waals surface area (Å²) in [5.41, 5.74) is 2.91. The molecule has 1 atom stereocenters. The molecule has 1 fully saturated rings. The van der Waals surface area contributed by atoms with Gasteiger partial charge in [-0.3, -0.25) is 9.89 Å². The summed E-state index contributed by atoms with van der Waals surface area (Å²) in [7, 11) is 0. The molecule has 0 spiro atoms. The van der Waals surface area contributed by atoms with E-state index in [2.05, 4.69) is 26.7 Å². The zero-order valence-electron chi connectivity index (χ0n) is 15.4. The lowest BCUT2D eigenvalue weighted by atomic mass is 10.2. The summed E-state index contributed by atoms with van der Waals surface area (Å²) in [5.74, 6) is 1.18. The first-order valence-electron chi connectivity index (χ1n) is 9.02. The number of thioether (sulfide) groups is 1. The van der Waals surface area contributed by atoms with Gasteiger partial charge in [-0.05, 0) is 44.2 Å². The topological polar surface area (TPSA) is 72.8 Å². The monoisotopic (exact) mass is 402 g/mol. The Morgan fingerprint density at radius 3 is 3.11 bits per heavy atom. The van der Waals surface area contributed by atoms with E-state index in [1.165, 1.54) is 11.8 Å². The predicted octanol–water partition coefficient (Wildman–Crippen LogP) is 4.11. The first-order chi connectivity index (χ1) is 13.1. The van der Waals surface area contributed by atoms with Crippen molar-refractivity contribution < 1.29 is 9.53 Å². The van der Waals surface area contributed by atoms with Crippen molar-refractivity contribution in [3.05, 3.63) is 40.5 Å². The molecule has 27 heavy (non-hydrogen) atoms. The summed E-state index contributed by atoms with van der Waals surface area (Å²) in [5, 5.41) is 9.74. The van der Waals surface area contributed by atoms with E-state index in [4.69, 9.17) is 4.74 Å². The van der Waals surface area contributed by atoms with Crippen molar-refractivity contribution in [3.63, 3.8) is 0 Å². The first kappa shape index (κ1) is 18.5. The van der Waals surface area contributed by atoms with Crippen molar-refractivity contribution in [2.75, 3.05) is 12.4 Å². The van der Waals surface area contributed by atoms with Gasteiger partial charge >= 0.3 is 0 Å². The highest BCUT2D eigenvalue weighted by Crippen LogP contribution is 2.25. The van der Waals surface area contributed by atoms with E-state index in [0.717, 1.165) is 53.6 Å². The largest absolute Gasteiger partial charge is 0.376 e. The van der Waals surface area contributed by atoms with E-state index in [0.29, 0.717) is 10.9 Å². The molecule has 4 rings (SSSR count). The third-order valence-corrected chi connectivity index (χ3v) is 6.56. The highest BCUT2D eigenvalue weighted by Gasteiger charge is 2.21. The van der Waals surface area contributed by atoms with E-state index in [1.807, 2.05) is 30.5 Å². The fraction of sp³-hybridized carbons (Fsp3) is 0.421. The summed E-state index contributed by atoms with van der Waals surface area (Å²) in [6.07, 6.45) is 2.47. The molecule has 0 saturated carbocycles. The Kier molecular flexibility index (Phi) is 5.47. The van der Waals surface area contributed by atoms with Gasteiger partial charge in [0, 0.05) is 30.1 Å². The number of thiophene rings is 1. The number of Topliss-reactive ketones (excluding diaryl/α,β-unsaturated/α-hetero) is 1. The Bertz CT molecular complexity index is 924. The molecule has 0 unspecified atom stereocenters. The van der Waals surface area contributed by atoms with Gasteiger partial charge in [-0.1, -0.05) is 17.8 Å². The van der Waals surface area contributed by atoms with Crippen LogP contribution in [0, 0.1) is 13.8 Å². The van der Waals surface area contributed by atoms with Crippen LogP contribution in [0.4, 0.5) is 0 Å². The minimum absolute atomic E-state index is 0.106. The minimum Gasteiger partial charge on any atom is -0.376 e. The fourth-order valence-electron chi connectivity index (χ4n) is 3.40. The number of ether oxygens (including phenoxy) is 1. The number of rotatable bonds is 7. The molecule has 0 aliphatic carbocycles. The zero-order chi connectivity index (χ0) is 18.8. The predicted molar refractivity (Wildman–Crippen MR) is 108 cm³/mol. The normalized spacial score (nSPS) is 16.9. The summed E-state index contributed by atoms with van der Waals surface area (Å²) < 4.78 is 7.95. The van der Waals surface area contributed by atoms with Gasteiger partial charge in [-0.15, -0.1) is 16.4 Å². The minimum atomic E-state index is 0.106. The molecule has 142 valence electrons. The lowest BCUT2D eigenvalue weighted by Gasteiger charge is -2.14. The molecule has 1 saturated heterocycles. The molecule has 0 aromatic carbocycles. The molecule has 4 heterocycles. The third kappa shape index (κ3) is 4.02. The maximum absolute atomic E-state index is 12.7.